The van der Waals surface area contributed by atoms with E-state index in [4.69, 9.17) is 4.84 Å². The van der Waals surface area contributed by atoms with Crippen LogP contribution in [0.4, 0.5) is 13.2 Å². The molecule has 1 heterocycles. The van der Waals surface area contributed by atoms with Crippen LogP contribution in [0.15, 0.2) is 47.6 Å². The number of hydrogen-bond acceptors (Lipinski definition) is 3. The van der Waals surface area contributed by atoms with Gasteiger partial charge in [-0.1, -0.05) is 23.4 Å². The zero-order valence-corrected chi connectivity index (χ0v) is 13.3. The molecule has 0 aromatic heterocycles. The lowest BCUT2D eigenvalue weighted by molar-refractivity contribution is -0.131. The summed E-state index contributed by atoms with van der Waals surface area (Å²) in [5.74, 6) is -2.77. The Labute approximate surface area is 142 Å². The highest BCUT2D eigenvalue weighted by Crippen LogP contribution is 2.20. The van der Waals surface area contributed by atoms with Gasteiger partial charge in [0.1, 0.15) is 5.82 Å². The first-order chi connectivity index (χ1) is 11.9. The number of benzene rings is 2. The second-order valence-electron chi connectivity index (χ2n) is 5.75. The van der Waals surface area contributed by atoms with E-state index >= 15 is 0 Å². The molecule has 0 bridgehead atoms. The number of carbonyl (C=O) groups excluding carboxylic acids is 1. The number of nitrogens with zero attached hydrogens (tertiary/aromatic N) is 1. The van der Waals surface area contributed by atoms with Crippen LogP contribution in [-0.2, 0) is 9.63 Å². The quantitative estimate of drug-likeness (QED) is 0.920. The molecular formula is C18H15F3N2O2. The lowest BCUT2D eigenvalue weighted by Crippen LogP contribution is -2.36. The van der Waals surface area contributed by atoms with Gasteiger partial charge in [0.25, 0.3) is 5.91 Å². The van der Waals surface area contributed by atoms with Gasteiger partial charge in [0.05, 0.1) is 11.8 Å². The predicted octanol–water partition coefficient (Wildman–Crippen LogP) is 3.47. The molecule has 4 nitrogen and oxygen atoms in total. The molecule has 0 fully saturated rings. The van der Waals surface area contributed by atoms with E-state index in [-0.39, 0.29) is 6.42 Å². The van der Waals surface area contributed by atoms with Crippen molar-refractivity contribution in [3.05, 3.63) is 71.0 Å². The van der Waals surface area contributed by atoms with E-state index in [9.17, 15) is 18.0 Å². The maximum absolute atomic E-state index is 13.3. The van der Waals surface area contributed by atoms with Crippen LogP contribution in [0.25, 0.3) is 0 Å². The Hall–Kier alpha value is -2.83. The number of rotatable bonds is 4. The number of carbonyl (C=O) groups is 1. The number of nitrogens with one attached hydrogen (secondary N) is 1. The van der Waals surface area contributed by atoms with Crippen molar-refractivity contribution < 1.29 is 22.8 Å². The van der Waals surface area contributed by atoms with Crippen molar-refractivity contribution >= 4 is 11.6 Å². The number of amides is 1. The third kappa shape index (κ3) is 3.81. The van der Waals surface area contributed by atoms with Gasteiger partial charge in [0, 0.05) is 12.0 Å². The van der Waals surface area contributed by atoms with E-state index in [1.165, 1.54) is 18.2 Å². The topological polar surface area (TPSA) is 50.7 Å². The van der Waals surface area contributed by atoms with Crippen LogP contribution in [0.5, 0.6) is 0 Å². The summed E-state index contributed by atoms with van der Waals surface area (Å²) in [5.41, 5.74) is 1.45. The summed E-state index contributed by atoms with van der Waals surface area (Å²) in [6, 6.07) is 8.74. The molecule has 0 saturated heterocycles. The van der Waals surface area contributed by atoms with Crippen LogP contribution in [0.2, 0.25) is 0 Å². The van der Waals surface area contributed by atoms with Gasteiger partial charge in [-0.25, -0.2) is 13.2 Å². The molecule has 7 heteroatoms. The molecule has 2 atom stereocenters. The van der Waals surface area contributed by atoms with Crippen LogP contribution < -0.4 is 5.32 Å². The van der Waals surface area contributed by atoms with Crippen LogP contribution in [0.3, 0.4) is 0 Å². The van der Waals surface area contributed by atoms with Crippen molar-refractivity contribution in [1.29, 1.82) is 0 Å². The third-order valence-corrected chi connectivity index (χ3v) is 3.92. The summed E-state index contributed by atoms with van der Waals surface area (Å²) in [4.78, 5) is 17.4. The highest BCUT2D eigenvalue weighted by Gasteiger charge is 2.30. The zero-order chi connectivity index (χ0) is 18.0. The molecule has 1 N–H and O–H groups in total. The summed E-state index contributed by atoms with van der Waals surface area (Å²) < 4.78 is 39.5. The monoisotopic (exact) mass is 348 g/mol. The molecule has 3 rings (SSSR count). The molecule has 0 aliphatic carbocycles. The predicted molar refractivity (Wildman–Crippen MR) is 85.3 cm³/mol. The number of oxime groups is 1. The molecule has 130 valence electrons. The fourth-order valence-corrected chi connectivity index (χ4v) is 2.53. The van der Waals surface area contributed by atoms with Gasteiger partial charge < -0.3 is 10.2 Å². The SMILES string of the molecule is C[C@H](NC(=O)[C@@H]1CC(c2cccc(F)c2)=NO1)c1ccc(F)c(F)c1. The van der Waals surface area contributed by atoms with Crippen molar-refractivity contribution in [3.63, 3.8) is 0 Å². The highest BCUT2D eigenvalue weighted by molar-refractivity contribution is 6.04. The Bertz CT molecular complexity index is 839. The second-order valence-corrected chi connectivity index (χ2v) is 5.75. The maximum Gasteiger partial charge on any atom is 0.264 e. The lowest BCUT2D eigenvalue weighted by Gasteiger charge is -2.16. The third-order valence-electron chi connectivity index (χ3n) is 3.92. The van der Waals surface area contributed by atoms with Crippen molar-refractivity contribution in [2.45, 2.75) is 25.5 Å². The minimum atomic E-state index is -0.979. The molecule has 0 radical (unpaired) electrons. The molecule has 1 aliphatic heterocycles. The van der Waals surface area contributed by atoms with Gasteiger partial charge in [-0.2, -0.15) is 0 Å². The Balaban J connectivity index is 1.62. The summed E-state index contributed by atoms with van der Waals surface area (Å²) in [6.45, 7) is 1.65. The van der Waals surface area contributed by atoms with Gasteiger partial charge in [-0.15, -0.1) is 0 Å². The number of hydrogen-bond donors (Lipinski definition) is 1. The Morgan fingerprint density at radius 3 is 2.72 bits per heavy atom. The molecule has 1 amide bonds. The fraction of sp³-hybridized carbons (Fsp3) is 0.222. The van der Waals surface area contributed by atoms with E-state index in [1.54, 1.807) is 19.1 Å². The van der Waals surface area contributed by atoms with Crippen LogP contribution >= 0.6 is 0 Å². The van der Waals surface area contributed by atoms with Crippen LogP contribution in [-0.4, -0.2) is 17.7 Å². The first-order valence-electron chi connectivity index (χ1n) is 7.68. The molecule has 2 aromatic rings. The summed E-state index contributed by atoms with van der Waals surface area (Å²) >= 11 is 0. The van der Waals surface area contributed by atoms with Crippen LogP contribution in [0, 0.1) is 17.5 Å². The second kappa shape index (κ2) is 6.96. The molecule has 2 aromatic carbocycles. The lowest BCUT2D eigenvalue weighted by atomic mass is 10.0. The molecule has 0 spiro atoms. The van der Waals surface area contributed by atoms with E-state index in [0.29, 0.717) is 16.8 Å². The largest absolute Gasteiger partial charge is 0.382 e. The van der Waals surface area contributed by atoms with Crippen molar-refractivity contribution in [3.8, 4) is 0 Å². The van der Waals surface area contributed by atoms with Crippen molar-refractivity contribution in [2.75, 3.05) is 0 Å². The smallest absolute Gasteiger partial charge is 0.264 e. The normalized spacial score (nSPS) is 17.6. The summed E-state index contributed by atoms with van der Waals surface area (Å²) in [5, 5.41) is 6.50. The molecule has 0 saturated carbocycles. The Morgan fingerprint density at radius 1 is 1.20 bits per heavy atom. The van der Waals surface area contributed by atoms with E-state index in [1.807, 2.05) is 0 Å². The average molecular weight is 348 g/mol. The van der Waals surface area contributed by atoms with Gasteiger partial charge in [-0.3, -0.25) is 4.79 Å². The van der Waals surface area contributed by atoms with Crippen LogP contribution in [0.1, 0.15) is 30.5 Å². The Morgan fingerprint density at radius 2 is 2.00 bits per heavy atom. The van der Waals surface area contributed by atoms with Crippen molar-refractivity contribution in [2.24, 2.45) is 5.16 Å². The minimum absolute atomic E-state index is 0.194. The molecule has 0 unspecified atom stereocenters. The average Bonchev–Trinajstić information content (AvgIpc) is 3.07. The molecule has 1 aliphatic rings. The summed E-state index contributed by atoms with van der Waals surface area (Å²) in [6.07, 6.45) is -0.661. The minimum Gasteiger partial charge on any atom is -0.382 e. The first-order valence-corrected chi connectivity index (χ1v) is 7.68. The van der Waals surface area contributed by atoms with Gasteiger partial charge in [0.2, 0.25) is 6.10 Å². The summed E-state index contributed by atoms with van der Waals surface area (Å²) in [7, 11) is 0. The maximum atomic E-state index is 13.3. The fourth-order valence-electron chi connectivity index (χ4n) is 2.53. The van der Waals surface area contributed by atoms with E-state index in [2.05, 4.69) is 10.5 Å². The molecule has 25 heavy (non-hydrogen) atoms. The van der Waals surface area contributed by atoms with Crippen molar-refractivity contribution in [1.82, 2.24) is 5.32 Å². The molecular weight excluding hydrogens is 333 g/mol. The number of halogens is 3. The highest BCUT2D eigenvalue weighted by atomic mass is 19.2. The first kappa shape index (κ1) is 17.0. The van der Waals surface area contributed by atoms with E-state index in [0.717, 1.165) is 12.1 Å². The standard InChI is InChI=1S/C18H15F3N2O2/c1-10(11-5-6-14(20)15(21)8-11)22-18(24)17-9-16(23-25-17)12-3-2-4-13(19)7-12/h2-8,10,17H,9H2,1H3,(H,22,24)/t10-,17-/m0/s1. The Kier molecular flexibility index (Phi) is 4.74. The van der Waals surface area contributed by atoms with Gasteiger partial charge >= 0.3 is 0 Å². The zero-order valence-electron chi connectivity index (χ0n) is 13.3. The van der Waals surface area contributed by atoms with E-state index < -0.39 is 35.5 Å². The van der Waals surface area contributed by atoms with Gasteiger partial charge in [-0.05, 0) is 36.8 Å². The van der Waals surface area contributed by atoms with Gasteiger partial charge in [0.15, 0.2) is 11.6 Å².